The smallest absolute Gasteiger partial charge is 0.0921 e. The molecule has 14 heavy (non-hydrogen) atoms. The first kappa shape index (κ1) is 11.2. The molecule has 0 saturated carbocycles. The van der Waals surface area contributed by atoms with Crippen molar-refractivity contribution in [3.63, 3.8) is 0 Å². The van der Waals surface area contributed by atoms with Crippen molar-refractivity contribution >= 4 is 0 Å². The summed E-state index contributed by atoms with van der Waals surface area (Å²) in [6.45, 7) is 5.93. The highest BCUT2D eigenvalue weighted by molar-refractivity contribution is 4.99. The van der Waals surface area contributed by atoms with Crippen LogP contribution < -0.4 is 5.73 Å². The maximum Gasteiger partial charge on any atom is 0.0921 e. The van der Waals surface area contributed by atoms with Gasteiger partial charge in [0.1, 0.15) is 0 Å². The van der Waals surface area contributed by atoms with Gasteiger partial charge in [-0.25, -0.2) is 4.98 Å². The molecule has 1 rings (SSSR count). The largest absolute Gasteiger partial charge is 0.391 e. The highest BCUT2D eigenvalue weighted by Crippen LogP contribution is 2.22. The number of imidazole rings is 1. The molecule has 1 aromatic rings. The van der Waals surface area contributed by atoms with E-state index in [2.05, 4.69) is 9.97 Å². The molecule has 0 spiro atoms. The fourth-order valence-electron chi connectivity index (χ4n) is 1.40. The van der Waals surface area contributed by atoms with Gasteiger partial charge in [0.05, 0.1) is 12.4 Å². The minimum absolute atomic E-state index is 0.181. The van der Waals surface area contributed by atoms with Crippen molar-refractivity contribution in [2.24, 2.45) is 11.1 Å². The van der Waals surface area contributed by atoms with E-state index in [0.29, 0.717) is 6.42 Å². The van der Waals surface area contributed by atoms with Gasteiger partial charge >= 0.3 is 0 Å². The first-order valence-electron chi connectivity index (χ1n) is 4.82. The molecule has 0 aromatic carbocycles. The summed E-state index contributed by atoms with van der Waals surface area (Å²) in [5.41, 5.74) is 6.67. The van der Waals surface area contributed by atoms with Gasteiger partial charge in [-0.1, -0.05) is 20.8 Å². The number of aromatic nitrogens is 2. The molecule has 0 aliphatic carbocycles. The Morgan fingerprint density at radius 1 is 1.57 bits per heavy atom. The first-order chi connectivity index (χ1) is 6.41. The third-order valence-electron chi connectivity index (χ3n) is 2.30. The van der Waals surface area contributed by atoms with Crippen LogP contribution in [0, 0.1) is 5.41 Å². The third kappa shape index (κ3) is 2.82. The maximum atomic E-state index is 9.89. The van der Waals surface area contributed by atoms with Gasteiger partial charge in [0, 0.05) is 24.4 Å². The van der Waals surface area contributed by atoms with Gasteiger partial charge in [0.25, 0.3) is 0 Å². The van der Waals surface area contributed by atoms with Crippen LogP contribution in [0.15, 0.2) is 12.5 Å². The normalized spacial score (nSPS) is 16.6. The zero-order valence-electron chi connectivity index (χ0n) is 8.99. The molecule has 1 heterocycles. The van der Waals surface area contributed by atoms with E-state index >= 15 is 0 Å². The number of aliphatic hydroxyl groups excluding tert-OH is 1. The number of rotatable bonds is 3. The van der Waals surface area contributed by atoms with E-state index in [1.54, 1.807) is 12.5 Å². The van der Waals surface area contributed by atoms with Crippen LogP contribution in [0.1, 0.15) is 26.5 Å². The first-order valence-corrected chi connectivity index (χ1v) is 4.82. The molecule has 0 saturated heterocycles. The van der Waals surface area contributed by atoms with Gasteiger partial charge in [0.2, 0.25) is 0 Å². The zero-order chi connectivity index (χ0) is 10.8. The molecule has 2 atom stereocenters. The predicted molar refractivity (Wildman–Crippen MR) is 55.7 cm³/mol. The number of nitrogens with one attached hydrogen (secondary N) is 1. The van der Waals surface area contributed by atoms with E-state index < -0.39 is 6.10 Å². The summed E-state index contributed by atoms with van der Waals surface area (Å²) in [6.07, 6.45) is 3.46. The highest BCUT2D eigenvalue weighted by Gasteiger charge is 2.28. The lowest BCUT2D eigenvalue weighted by molar-refractivity contribution is 0.0404. The van der Waals surface area contributed by atoms with Gasteiger partial charge in [-0.3, -0.25) is 0 Å². The van der Waals surface area contributed by atoms with E-state index in [9.17, 15) is 5.11 Å². The molecule has 0 aliphatic rings. The predicted octanol–water partition coefficient (Wildman–Crippen LogP) is 0.686. The van der Waals surface area contributed by atoms with Crippen LogP contribution in [0.25, 0.3) is 0 Å². The molecular weight excluding hydrogens is 178 g/mol. The second-order valence-corrected chi connectivity index (χ2v) is 4.76. The number of nitrogens with zero attached hydrogens (tertiary/aromatic N) is 1. The molecule has 80 valence electrons. The number of hydrogen-bond donors (Lipinski definition) is 3. The summed E-state index contributed by atoms with van der Waals surface area (Å²) < 4.78 is 0. The van der Waals surface area contributed by atoms with E-state index in [1.807, 2.05) is 20.8 Å². The summed E-state index contributed by atoms with van der Waals surface area (Å²) >= 11 is 0. The molecular formula is C10H19N3O. The number of H-pyrrole nitrogens is 1. The van der Waals surface area contributed by atoms with E-state index in [-0.39, 0.29) is 11.5 Å². The highest BCUT2D eigenvalue weighted by atomic mass is 16.3. The quantitative estimate of drug-likeness (QED) is 0.667. The van der Waals surface area contributed by atoms with Crippen molar-refractivity contribution in [3.05, 3.63) is 18.2 Å². The number of aromatic amines is 1. The Bertz CT molecular complexity index is 263. The molecule has 4 heteroatoms. The second kappa shape index (κ2) is 4.11. The van der Waals surface area contributed by atoms with E-state index in [1.165, 1.54) is 0 Å². The molecule has 0 radical (unpaired) electrons. The summed E-state index contributed by atoms with van der Waals surface area (Å²) in [6, 6.07) is -0.254. The van der Waals surface area contributed by atoms with Crippen molar-refractivity contribution in [1.82, 2.24) is 9.97 Å². The van der Waals surface area contributed by atoms with Crippen LogP contribution in [0.2, 0.25) is 0 Å². The minimum atomic E-state index is -0.509. The van der Waals surface area contributed by atoms with Gasteiger partial charge in [-0.2, -0.15) is 0 Å². The average molecular weight is 197 g/mol. The van der Waals surface area contributed by atoms with Crippen molar-refractivity contribution in [2.45, 2.75) is 39.3 Å². The molecule has 0 bridgehead atoms. The second-order valence-electron chi connectivity index (χ2n) is 4.76. The number of hydrogen-bond acceptors (Lipinski definition) is 3. The lowest BCUT2D eigenvalue weighted by Gasteiger charge is -2.30. The van der Waals surface area contributed by atoms with Crippen LogP contribution in [0.4, 0.5) is 0 Å². The topological polar surface area (TPSA) is 74.9 Å². The molecule has 4 nitrogen and oxygen atoms in total. The Balaban J connectivity index is 2.54. The average Bonchev–Trinajstić information content (AvgIpc) is 2.53. The number of nitrogens with two attached hydrogens (primary N) is 1. The molecule has 0 amide bonds. The molecule has 1 unspecified atom stereocenters. The lowest BCUT2D eigenvalue weighted by Crippen LogP contribution is -2.44. The Hall–Kier alpha value is -0.870. The molecule has 0 aliphatic heterocycles. The zero-order valence-corrected chi connectivity index (χ0v) is 8.99. The summed E-state index contributed by atoms with van der Waals surface area (Å²) in [7, 11) is 0. The van der Waals surface area contributed by atoms with Crippen molar-refractivity contribution in [3.8, 4) is 0 Å². The fraction of sp³-hybridized carbons (Fsp3) is 0.700. The van der Waals surface area contributed by atoms with E-state index in [0.717, 1.165) is 5.69 Å². The Morgan fingerprint density at radius 2 is 2.21 bits per heavy atom. The van der Waals surface area contributed by atoms with Crippen LogP contribution in [-0.4, -0.2) is 27.2 Å². The van der Waals surface area contributed by atoms with Crippen LogP contribution in [0.5, 0.6) is 0 Å². The van der Waals surface area contributed by atoms with Gasteiger partial charge in [0.15, 0.2) is 0 Å². The van der Waals surface area contributed by atoms with Crippen molar-refractivity contribution in [1.29, 1.82) is 0 Å². The Morgan fingerprint density at radius 3 is 2.64 bits per heavy atom. The Kier molecular flexibility index (Phi) is 3.29. The van der Waals surface area contributed by atoms with Crippen LogP contribution >= 0.6 is 0 Å². The van der Waals surface area contributed by atoms with Gasteiger partial charge in [-0.15, -0.1) is 0 Å². The summed E-state index contributed by atoms with van der Waals surface area (Å²) in [4.78, 5) is 6.88. The van der Waals surface area contributed by atoms with Crippen LogP contribution in [-0.2, 0) is 6.42 Å². The third-order valence-corrected chi connectivity index (χ3v) is 2.30. The molecule has 1 aromatic heterocycles. The molecule has 4 N–H and O–H groups in total. The Labute approximate surface area is 84.5 Å². The SMILES string of the molecule is CC(C)(C)C(O)[C@H](N)Cc1cnc[nH]1. The molecule has 0 fully saturated rings. The van der Waals surface area contributed by atoms with E-state index in [4.69, 9.17) is 5.73 Å². The monoisotopic (exact) mass is 197 g/mol. The maximum absolute atomic E-state index is 9.89. The lowest BCUT2D eigenvalue weighted by atomic mass is 9.83. The van der Waals surface area contributed by atoms with Crippen molar-refractivity contribution < 1.29 is 5.11 Å². The standard InChI is InChI=1S/C10H19N3O/c1-10(2,3)9(14)8(11)4-7-5-12-6-13-7/h5-6,8-9,14H,4,11H2,1-3H3,(H,12,13)/t8-,9?/m1/s1. The summed E-state index contributed by atoms with van der Waals surface area (Å²) in [5, 5.41) is 9.89. The minimum Gasteiger partial charge on any atom is -0.391 e. The fourth-order valence-corrected chi connectivity index (χ4v) is 1.40. The number of aliphatic hydroxyl groups is 1. The van der Waals surface area contributed by atoms with Crippen molar-refractivity contribution in [2.75, 3.05) is 0 Å². The summed E-state index contributed by atoms with van der Waals surface area (Å²) in [5.74, 6) is 0. The van der Waals surface area contributed by atoms with Crippen LogP contribution in [0.3, 0.4) is 0 Å². The van der Waals surface area contributed by atoms with Gasteiger partial charge in [-0.05, 0) is 5.41 Å². The van der Waals surface area contributed by atoms with Gasteiger partial charge < -0.3 is 15.8 Å².